The van der Waals surface area contributed by atoms with Crippen molar-refractivity contribution in [2.24, 2.45) is 0 Å². The van der Waals surface area contributed by atoms with Crippen molar-refractivity contribution in [2.45, 2.75) is 0 Å². The van der Waals surface area contributed by atoms with Crippen LogP contribution in [0.2, 0.25) is 0 Å². The van der Waals surface area contributed by atoms with Crippen LogP contribution in [0.15, 0.2) is 67.1 Å². The molecule has 0 unspecified atom stereocenters. The lowest BCUT2D eigenvalue weighted by atomic mass is 10.1. The lowest BCUT2D eigenvalue weighted by Crippen LogP contribution is -2.40. The van der Waals surface area contributed by atoms with Crippen molar-refractivity contribution in [3.8, 4) is 11.3 Å². The fourth-order valence-electron chi connectivity index (χ4n) is 3.60. The zero-order valence-electron chi connectivity index (χ0n) is 16.7. The maximum atomic E-state index is 14.3. The first-order valence-electron chi connectivity index (χ1n) is 10.0. The van der Waals surface area contributed by atoms with E-state index in [2.05, 4.69) is 15.3 Å². The topological polar surface area (TPSA) is 71.8 Å². The molecule has 31 heavy (non-hydrogen) atoms. The van der Waals surface area contributed by atoms with Gasteiger partial charge in [0.2, 0.25) is 0 Å². The minimum atomic E-state index is -0.341. The van der Waals surface area contributed by atoms with E-state index in [0.717, 1.165) is 5.69 Å². The van der Waals surface area contributed by atoms with Crippen LogP contribution in [0.25, 0.3) is 16.9 Å². The monoisotopic (exact) mass is 417 g/mol. The molecular formula is C23H20FN5O2. The first-order chi connectivity index (χ1) is 15.2. The van der Waals surface area contributed by atoms with Crippen molar-refractivity contribution in [1.29, 1.82) is 0 Å². The molecule has 7 nitrogen and oxygen atoms in total. The highest BCUT2D eigenvalue weighted by Gasteiger charge is 2.18. The number of hydrogen-bond acceptors (Lipinski definition) is 5. The molecule has 1 aliphatic rings. The van der Waals surface area contributed by atoms with Crippen LogP contribution in [0.1, 0.15) is 10.4 Å². The van der Waals surface area contributed by atoms with Gasteiger partial charge in [0.1, 0.15) is 5.82 Å². The van der Waals surface area contributed by atoms with Gasteiger partial charge in [-0.1, -0.05) is 12.1 Å². The van der Waals surface area contributed by atoms with Crippen LogP contribution in [0, 0.1) is 5.82 Å². The highest BCUT2D eigenvalue weighted by Crippen LogP contribution is 2.26. The number of carbonyl (C=O) groups is 1. The molecule has 1 N–H and O–H groups in total. The van der Waals surface area contributed by atoms with Crippen molar-refractivity contribution in [3.63, 3.8) is 0 Å². The summed E-state index contributed by atoms with van der Waals surface area (Å²) >= 11 is 0. The number of fused-ring (bicyclic) bond motifs is 1. The predicted octanol–water partition coefficient (Wildman–Crippen LogP) is 3.75. The van der Waals surface area contributed by atoms with Gasteiger partial charge < -0.3 is 19.4 Å². The van der Waals surface area contributed by atoms with E-state index in [1.165, 1.54) is 6.07 Å². The Morgan fingerprint density at radius 2 is 1.84 bits per heavy atom. The van der Waals surface area contributed by atoms with Gasteiger partial charge in [0, 0.05) is 48.5 Å². The second-order valence-electron chi connectivity index (χ2n) is 7.22. The van der Waals surface area contributed by atoms with Crippen LogP contribution < -0.4 is 5.32 Å². The standard InChI is InChI=1S/C23H20FN5O2/c24-19-4-2-1-3-18(19)20-15-29-10-9-25-22(29)21(27-20)26-17-7-5-16(6-8-17)23(30)28-11-13-31-14-12-28/h1-10,15H,11-14H2,(H,26,27). The molecular weight excluding hydrogens is 397 g/mol. The highest BCUT2D eigenvalue weighted by atomic mass is 19.1. The highest BCUT2D eigenvalue weighted by molar-refractivity contribution is 5.94. The third-order valence-corrected chi connectivity index (χ3v) is 5.22. The molecule has 8 heteroatoms. The van der Waals surface area contributed by atoms with Gasteiger partial charge in [0.05, 0.1) is 18.9 Å². The minimum absolute atomic E-state index is 0.00910. The Morgan fingerprint density at radius 1 is 1.06 bits per heavy atom. The number of halogens is 1. The van der Waals surface area contributed by atoms with E-state index in [1.807, 2.05) is 12.1 Å². The molecule has 0 atom stereocenters. The first kappa shape index (κ1) is 19.2. The van der Waals surface area contributed by atoms with Crippen LogP contribution in [-0.4, -0.2) is 51.5 Å². The van der Waals surface area contributed by atoms with Gasteiger partial charge in [-0.2, -0.15) is 0 Å². The Balaban J connectivity index is 1.43. The molecule has 1 saturated heterocycles. The minimum Gasteiger partial charge on any atom is -0.378 e. The van der Waals surface area contributed by atoms with Crippen LogP contribution in [-0.2, 0) is 4.74 Å². The summed E-state index contributed by atoms with van der Waals surface area (Å²) in [5.74, 6) is 0.148. The molecule has 156 valence electrons. The van der Waals surface area contributed by atoms with Gasteiger partial charge >= 0.3 is 0 Å². The summed E-state index contributed by atoms with van der Waals surface area (Å²) in [6.07, 6.45) is 5.20. The number of amides is 1. The Morgan fingerprint density at radius 3 is 2.61 bits per heavy atom. The van der Waals surface area contributed by atoms with E-state index in [1.54, 1.807) is 58.2 Å². The van der Waals surface area contributed by atoms with Crippen LogP contribution in [0.5, 0.6) is 0 Å². The number of nitrogens with zero attached hydrogens (tertiary/aromatic N) is 4. The van der Waals surface area contributed by atoms with Gasteiger partial charge in [-0.15, -0.1) is 0 Å². The predicted molar refractivity (Wildman–Crippen MR) is 115 cm³/mol. The van der Waals surface area contributed by atoms with Gasteiger partial charge in [0.25, 0.3) is 5.91 Å². The third kappa shape index (κ3) is 3.85. The van der Waals surface area contributed by atoms with Crippen molar-refractivity contribution < 1.29 is 13.9 Å². The fourth-order valence-corrected chi connectivity index (χ4v) is 3.60. The smallest absolute Gasteiger partial charge is 0.254 e. The van der Waals surface area contributed by atoms with E-state index in [4.69, 9.17) is 4.74 Å². The Hall–Kier alpha value is -3.78. The lowest BCUT2D eigenvalue weighted by Gasteiger charge is -2.26. The second kappa shape index (κ2) is 8.16. The van der Waals surface area contributed by atoms with E-state index in [9.17, 15) is 9.18 Å². The second-order valence-corrected chi connectivity index (χ2v) is 7.22. The normalized spacial score (nSPS) is 14.0. The zero-order valence-corrected chi connectivity index (χ0v) is 16.7. The van der Waals surface area contributed by atoms with E-state index in [-0.39, 0.29) is 11.7 Å². The number of benzene rings is 2. The quantitative estimate of drug-likeness (QED) is 0.548. The van der Waals surface area contributed by atoms with Crippen molar-refractivity contribution >= 4 is 23.1 Å². The van der Waals surface area contributed by atoms with Gasteiger partial charge in [-0.25, -0.2) is 14.4 Å². The van der Waals surface area contributed by atoms with Crippen LogP contribution in [0.4, 0.5) is 15.9 Å². The zero-order chi connectivity index (χ0) is 21.2. The largest absolute Gasteiger partial charge is 0.378 e. The number of anilines is 2. The number of imidazole rings is 1. The molecule has 0 aliphatic carbocycles. The molecule has 1 amide bonds. The first-order valence-corrected chi connectivity index (χ1v) is 10.0. The summed E-state index contributed by atoms with van der Waals surface area (Å²) in [6.45, 7) is 2.33. The molecule has 3 heterocycles. The average molecular weight is 417 g/mol. The Kier molecular flexibility index (Phi) is 5.05. The summed E-state index contributed by atoms with van der Waals surface area (Å²) in [5, 5.41) is 3.25. The molecule has 1 aliphatic heterocycles. The number of nitrogens with one attached hydrogen (secondary N) is 1. The molecule has 0 saturated carbocycles. The lowest BCUT2D eigenvalue weighted by molar-refractivity contribution is 0.0303. The molecule has 0 radical (unpaired) electrons. The van der Waals surface area contributed by atoms with Crippen LogP contribution in [0.3, 0.4) is 0 Å². The molecule has 2 aromatic heterocycles. The molecule has 0 bridgehead atoms. The van der Waals surface area contributed by atoms with Crippen molar-refractivity contribution in [2.75, 3.05) is 31.6 Å². The number of ether oxygens (including phenoxy) is 1. The molecule has 5 rings (SSSR count). The van der Waals surface area contributed by atoms with Gasteiger partial charge in [-0.3, -0.25) is 4.79 Å². The number of hydrogen-bond donors (Lipinski definition) is 1. The van der Waals surface area contributed by atoms with E-state index in [0.29, 0.717) is 54.6 Å². The fraction of sp³-hybridized carbons (Fsp3) is 0.174. The molecule has 1 fully saturated rings. The van der Waals surface area contributed by atoms with Gasteiger partial charge in [0.15, 0.2) is 11.5 Å². The maximum absolute atomic E-state index is 14.3. The summed E-state index contributed by atoms with van der Waals surface area (Å²) in [7, 11) is 0. The average Bonchev–Trinajstić information content (AvgIpc) is 3.29. The molecule has 0 spiro atoms. The van der Waals surface area contributed by atoms with Crippen LogP contribution >= 0.6 is 0 Å². The number of aromatic nitrogens is 3. The summed E-state index contributed by atoms with van der Waals surface area (Å²) in [4.78, 5) is 23.4. The Labute approximate surface area is 178 Å². The van der Waals surface area contributed by atoms with Crippen molar-refractivity contribution in [1.82, 2.24) is 19.3 Å². The number of carbonyl (C=O) groups excluding carboxylic acids is 1. The SMILES string of the molecule is O=C(c1ccc(Nc2nc(-c3ccccc3F)cn3ccnc23)cc1)N1CCOCC1. The number of rotatable bonds is 4. The van der Waals surface area contributed by atoms with Crippen molar-refractivity contribution in [3.05, 3.63) is 78.5 Å². The summed E-state index contributed by atoms with van der Waals surface area (Å²) < 4.78 is 21.4. The molecule has 4 aromatic rings. The van der Waals surface area contributed by atoms with E-state index >= 15 is 0 Å². The maximum Gasteiger partial charge on any atom is 0.254 e. The van der Waals surface area contributed by atoms with Gasteiger partial charge in [-0.05, 0) is 36.4 Å². The summed E-state index contributed by atoms with van der Waals surface area (Å²) in [6, 6.07) is 13.7. The summed E-state index contributed by atoms with van der Waals surface area (Å²) in [5.41, 5.74) is 2.89. The molecule has 2 aromatic carbocycles. The number of morpholine rings is 1. The van der Waals surface area contributed by atoms with E-state index < -0.39 is 0 Å². The Bertz CT molecular complexity index is 1230. The third-order valence-electron chi connectivity index (χ3n) is 5.22.